The van der Waals surface area contributed by atoms with Crippen LogP contribution < -0.4 is 0 Å². The lowest BCUT2D eigenvalue weighted by Crippen LogP contribution is -1.96. The smallest absolute Gasteiger partial charge is 0.0777 e. The van der Waals surface area contributed by atoms with Crippen LogP contribution >= 0.6 is 0 Å². The van der Waals surface area contributed by atoms with Gasteiger partial charge in [0, 0.05) is 5.69 Å². The average Bonchev–Trinajstić information content (AvgIpc) is 3.46. The summed E-state index contributed by atoms with van der Waals surface area (Å²) in [5, 5.41) is 16.0. The number of H-pyrrole nitrogens is 1. The fraction of sp³-hybridized carbons (Fsp3) is 0.0513. The molecule has 6 aromatic carbocycles. The first kappa shape index (κ1) is 24.8. The average molecular weight is 527 g/mol. The van der Waals surface area contributed by atoms with E-state index in [1.54, 1.807) is 0 Å². The first-order chi connectivity index (χ1) is 20.1. The van der Waals surface area contributed by atoms with Gasteiger partial charge < -0.3 is 4.98 Å². The van der Waals surface area contributed by atoms with Gasteiger partial charge in [-0.1, -0.05) is 109 Å². The van der Waals surface area contributed by atoms with Crippen molar-refractivity contribution in [3.8, 4) is 22.3 Å². The number of fused-ring (bicyclic) bond motifs is 3. The topological polar surface area (TPSA) is 39.6 Å². The molecule has 0 saturated carbocycles. The molecule has 2 nitrogen and oxygen atoms in total. The summed E-state index contributed by atoms with van der Waals surface area (Å²) >= 11 is 0. The van der Waals surface area contributed by atoms with E-state index in [-0.39, 0.29) is 0 Å². The molecule has 0 spiro atoms. The quantitative estimate of drug-likeness (QED) is 0.165. The summed E-state index contributed by atoms with van der Waals surface area (Å²) in [6, 6.07) is 45.7. The second kappa shape index (κ2) is 10.1. The first-order valence-electron chi connectivity index (χ1n) is 14.0. The zero-order valence-corrected chi connectivity index (χ0v) is 23.2. The number of aromatic amines is 1. The number of nitrogens with one attached hydrogen (secondary N) is 2. The molecule has 0 bridgehead atoms. The largest absolute Gasteiger partial charge is 0.357 e. The van der Waals surface area contributed by atoms with Gasteiger partial charge in [0.15, 0.2) is 0 Å². The molecule has 0 aliphatic rings. The Morgan fingerprint density at radius 2 is 1.12 bits per heavy atom. The molecule has 41 heavy (non-hydrogen) atoms. The molecule has 0 aliphatic heterocycles. The molecule has 0 radical (unpaired) electrons. The minimum absolute atomic E-state index is 0.487. The van der Waals surface area contributed by atoms with E-state index in [2.05, 4.69) is 127 Å². The maximum atomic E-state index is 8.51. The second-order valence-corrected chi connectivity index (χ2v) is 10.8. The Morgan fingerprint density at radius 3 is 1.71 bits per heavy atom. The molecule has 0 atom stereocenters. The van der Waals surface area contributed by atoms with E-state index < -0.39 is 0 Å². The van der Waals surface area contributed by atoms with E-state index in [4.69, 9.17) is 5.41 Å². The molecule has 0 saturated heterocycles. The van der Waals surface area contributed by atoms with Crippen molar-refractivity contribution >= 4 is 43.6 Å². The van der Waals surface area contributed by atoms with Gasteiger partial charge in [0.2, 0.25) is 0 Å². The minimum atomic E-state index is 0.487. The minimum Gasteiger partial charge on any atom is -0.357 e. The third-order valence-electron chi connectivity index (χ3n) is 8.08. The summed E-state index contributed by atoms with van der Waals surface area (Å²) in [7, 11) is 0. The van der Waals surface area contributed by atoms with Gasteiger partial charge in [-0.05, 0) is 104 Å². The monoisotopic (exact) mass is 526 g/mol. The highest BCUT2D eigenvalue weighted by molar-refractivity contribution is 6.21. The van der Waals surface area contributed by atoms with Gasteiger partial charge in [0.1, 0.15) is 0 Å². The van der Waals surface area contributed by atoms with Crippen LogP contribution in [0.25, 0.3) is 60.1 Å². The number of rotatable bonds is 5. The fourth-order valence-electron chi connectivity index (χ4n) is 6.03. The number of allylic oxidation sites excluding steroid dienone is 2. The van der Waals surface area contributed by atoms with Gasteiger partial charge in [-0.15, -0.1) is 0 Å². The summed E-state index contributed by atoms with van der Waals surface area (Å²) in [6.07, 6.45) is 1.93. The van der Waals surface area contributed by atoms with Crippen molar-refractivity contribution in [2.75, 3.05) is 0 Å². The molecule has 1 aromatic heterocycles. The molecule has 0 aliphatic carbocycles. The van der Waals surface area contributed by atoms with E-state index >= 15 is 0 Å². The maximum Gasteiger partial charge on any atom is 0.0777 e. The number of hydrogen-bond donors (Lipinski definition) is 2. The highest BCUT2D eigenvalue weighted by Crippen LogP contribution is 2.44. The summed E-state index contributed by atoms with van der Waals surface area (Å²) in [4.78, 5) is 3.25. The number of aromatic nitrogens is 1. The Kier molecular flexibility index (Phi) is 6.10. The van der Waals surface area contributed by atoms with Crippen LogP contribution in [0.3, 0.4) is 0 Å². The van der Waals surface area contributed by atoms with Crippen molar-refractivity contribution in [1.82, 2.24) is 4.98 Å². The van der Waals surface area contributed by atoms with Gasteiger partial charge in [-0.3, -0.25) is 5.41 Å². The van der Waals surface area contributed by atoms with Crippen molar-refractivity contribution in [1.29, 1.82) is 5.41 Å². The van der Waals surface area contributed by atoms with Crippen LogP contribution in [0.1, 0.15) is 23.9 Å². The summed E-state index contributed by atoms with van der Waals surface area (Å²) < 4.78 is 0. The predicted octanol–water partition coefficient (Wildman–Crippen LogP) is 10.6. The molecular weight excluding hydrogens is 496 g/mol. The summed E-state index contributed by atoms with van der Waals surface area (Å²) in [6.45, 7) is 4.08. The van der Waals surface area contributed by atoms with Gasteiger partial charge in [-0.25, -0.2) is 0 Å². The van der Waals surface area contributed by atoms with E-state index in [1.165, 1.54) is 54.6 Å². The molecule has 0 amide bonds. The van der Waals surface area contributed by atoms with Gasteiger partial charge in [-0.2, -0.15) is 0 Å². The number of benzene rings is 6. The SMILES string of the molecule is C/C(=C\C(=N)c1ccc(C)[nH]1)c1ccc(-c2c3ccccc3c(-c3ccc4ccccc4c3)c3ccccc23)cc1. The maximum absolute atomic E-state index is 8.51. The third kappa shape index (κ3) is 4.44. The molecule has 196 valence electrons. The highest BCUT2D eigenvalue weighted by Gasteiger charge is 2.16. The molecule has 7 aromatic rings. The molecule has 7 rings (SSSR count). The molecular formula is C39H30N2. The van der Waals surface area contributed by atoms with Crippen LogP contribution in [0.5, 0.6) is 0 Å². The van der Waals surface area contributed by atoms with Gasteiger partial charge >= 0.3 is 0 Å². The molecule has 0 unspecified atom stereocenters. The van der Waals surface area contributed by atoms with Gasteiger partial charge in [0.25, 0.3) is 0 Å². The molecule has 2 heteroatoms. The van der Waals surface area contributed by atoms with E-state index in [0.717, 1.165) is 22.5 Å². The Morgan fingerprint density at radius 1 is 0.585 bits per heavy atom. The normalized spacial score (nSPS) is 11.9. The zero-order valence-electron chi connectivity index (χ0n) is 23.2. The number of aryl methyl sites for hydroxylation is 1. The van der Waals surface area contributed by atoms with Crippen LogP contribution in [-0.4, -0.2) is 10.7 Å². The summed E-state index contributed by atoms with van der Waals surface area (Å²) in [5.41, 5.74) is 9.52. The van der Waals surface area contributed by atoms with Crippen molar-refractivity contribution in [3.05, 3.63) is 150 Å². The predicted molar refractivity (Wildman–Crippen MR) is 176 cm³/mol. The Hall–Kier alpha value is -5.21. The van der Waals surface area contributed by atoms with Crippen molar-refractivity contribution in [2.24, 2.45) is 0 Å². The second-order valence-electron chi connectivity index (χ2n) is 10.8. The van der Waals surface area contributed by atoms with Crippen molar-refractivity contribution in [3.63, 3.8) is 0 Å². The van der Waals surface area contributed by atoms with Crippen molar-refractivity contribution < 1.29 is 0 Å². The fourth-order valence-corrected chi connectivity index (χ4v) is 6.03. The molecule has 2 N–H and O–H groups in total. The Balaban J connectivity index is 1.37. The lowest BCUT2D eigenvalue weighted by atomic mass is 9.85. The third-order valence-corrected chi connectivity index (χ3v) is 8.08. The first-order valence-corrected chi connectivity index (χ1v) is 14.0. The zero-order chi connectivity index (χ0) is 27.9. The van der Waals surface area contributed by atoms with Crippen LogP contribution in [0, 0.1) is 12.3 Å². The highest BCUT2D eigenvalue weighted by atomic mass is 14.7. The van der Waals surface area contributed by atoms with Crippen LogP contribution in [0.4, 0.5) is 0 Å². The number of hydrogen-bond acceptors (Lipinski definition) is 1. The van der Waals surface area contributed by atoms with E-state index in [1.807, 2.05) is 25.1 Å². The lowest BCUT2D eigenvalue weighted by Gasteiger charge is -2.18. The van der Waals surface area contributed by atoms with Gasteiger partial charge in [0.05, 0.1) is 11.4 Å². The Bertz CT molecular complexity index is 2070. The van der Waals surface area contributed by atoms with Crippen LogP contribution in [-0.2, 0) is 0 Å². The van der Waals surface area contributed by atoms with Crippen LogP contribution in [0.2, 0.25) is 0 Å². The van der Waals surface area contributed by atoms with E-state index in [9.17, 15) is 0 Å². The van der Waals surface area contributed by atoms with Crippen LogP contribution in [0.15, 0.2) is 133 Å². The molecule has 0 fully saturated rings. The standard InChI is InChI=1S/C39H30N2/c1-25(23-36(40)37-22-15-26(2)41-37)27-16-19-29(20-17-27)38-32-11-5-7-13-34(32)39(35-14-8-6-12-33(35)38)31-21-18-28-9-3-4-10-30(28)24-31/h3-24,40-41H,1-2H3/b25-23+,40-36?. The van der Waals surface area contributed by atoms with Crippen molar-refractivity contribution in [2.45, 2.75) is 13.8 Å². The lowest BCUT2D eigenvalue weighted by molar-refractivity contribution is 1.24. The summed E-state index contributed by atoms with van der Waals surface area (Å²) in [5.74, 6) is 0. The Labute approximate surface area is 240 Å². The van der Waals surface area contributed by atoms with E-state index in [0.29, 0.717) is 5.71 Å². The molecule has 1 heterocycles.